The Balaban J connectivity index is 2.11. The third-order valence-corrected chi connectivity index (χ3v) is 4.89. The number of nitrogens with one attached hydrogen (secondary N) is 1. The quantitative estimate of drug-likeness (QED) is 0.783. The Morgan fingerprint density at radius 2 is 1.62 bits per heavy atom. The van der Waals surface area contributed by atoms with E-state index in [1.165, 1.54) is 19.2 Å². The molecule has 0 saturated heterocycles. The first-order valence-electron chi connectivity index (χ1n) is 8.34. The highest BCUT2D eigenvalue weighted by molar-refractivity contribution is 7.84. The normalized spacial score (nSPS) is 13.1. The number of rotatable bonds is 6. The Hall–Kier alpha value is -2.47. The van der Waals surface area contributed by atoms with Crippen LogP contribution in [-0.2, 0) is 20.3 Å². The number of carbonyl (C=O) groups is 2. The van der Waals surface area contributed by atoms with Gasteiger partial charge >= 0.3 is 5.97 Å². The molecule has 1 N–H and O–H groups in total. The number of para-hydroxylation sites is 1. The van der Waals surface area contributed by atoms with Gasteiger partial charge in [-0.25, -0.2) is 4.79 Å². The summed E-state index contributed by atoms with van der Waals surface area (Å²) in [5.41, 5.74) is 1.91. The summed E-state index contributed by atoms with van der Waals surface area (Å²) in [5, 5.41) is 2.81. The summed E-state index contributed by atoms with van der Waals surface area (Å²) in [5.74, 6) is -0.840. The van der Waals surface area contributed by atoms with E-state index in [1.54, 1.807) is 18.2 Å². The molecule has 0 aliphatic carbocycles. The number of anilines is 1. The van der Waals surface area contributed by atoms with Crippen molar-refractivity contribution in [1.82, 2.24) is 0 Å². The van der Waals surface area contributed by atoms with Crippen LogP contribution >= 0.6 is 0 Å². The van der Waals surface area contributed by atoms with Crippen molar-refractivity contribution in [3.8, 4) is 0 Å². The van der Waals surface area contributed by atoms with Crippen molar-refractivity contribution >= 4 is 28.4 Å². The molecule has 0 unspecified atom stereocenters. The summed E-state index contributed by atoms with van der Waals surface area (Å²) in [7, 11) is -1.33. The van der Waals surface area contributed by atoms with Crippen molar-refractivity contribution < 1.29 is 18.5 Å². The van der Waals surface area contributed by atoms with Gasteiger partial charge in [0.15, 0.2) is 6.10 Å². The number of carbonyl (C=O) groups excluding carboxylic acids is 2. The van der Waals surface area contributed by atoms with Gasteiger partial charge in [0.25, 0.3) is 5.91 Å². The lowest BCUT2D eigenvalue weighted by molar-refractivity contribution is -0.123. The van der Waals surface area contributed by atoms with Gasteiger partial charge in [0, 0.05) is 11.9 Å². The topological polar surface area (TPSA) is 72.5 Å². The van der Waals surface area contributed by atoms with E-state index < -0.39 is 28.8 Å². The van der Waals surface area contributed by atoms with Gasteiger partial charge in [-0.3, -0.25) is 9.00 Å². The molecule has 1 amide bonds. The molecular weight excluding hydrogens is 350 g/mol. The third-order valence-electron chi connectivity index (χ3n) is 3.91. The minimum absolute atomic E-state index is 0.204. The van der Waals surface area contributed by atoms with E-state index in [0.717, 1.165) is 5.56 Å². The van der Waals surface area contributed by atoms with Gasteiger partial charge < -0.3 is 10.1 Å². The Morgan fingerprint density at radius 3 is 2.27 bits per heavy atom. The molecule has 2 aromatic rings. The second kappa shape index (κ2) is 8.76. The van der Waals surface area contributed by atoms with Crippen molar-refractivity contribution in [2.45, 2.75) is 37.7 Å². The average Bonchev–Trinajstić information content (AvgIpc) is 2.61. The zero-order valence-corrected chi connectivity index (χ0v) is 16.1. The predicted octanol–water partition coefficient (Wildman–Crippen LogP) is 3.73. The summed E-state index contributed by atoms with van der Waals surface area (Å²) >= 11 is 0. The standard InChI is InChI=1S/C20H23NO4S/c1-13(2)15-9-5-7-11-17(15)21-19(22)14(3)25-20(23)16-10-6-8-12-18(16)26(4)24/h5-14H,1-4H3,(H,21,22)/t14-,26+/m0/s1. The molecule has 26 heavy (non-hydrogen) atoms. The Morgan fingerprint density at radius 1 is 1.00 bits per heavy atom. The van der Waals surface area contributed by atoms with Crippen LogP contribution in [0, 0.1) is 0 Å². The SMILES string of the molecule is CC(C)c1ccccc1NC(=O)[C@H](C)OC(=O)c1ccccc1[S@@](C)=O. The molecule has 0 radical (unpaired) electrons. The summed E-state index contributed by atoms with van der Waals surface area (Å²) in [6.45, 7) is 5.59. The van der Waals surface area contributed by atoms with Gasteiger partial charge in [0.2, 0.25) is 0 Å². The molecule has 0 bridgehead atoms. The first kappa shape index (κ1) is 19.8. The van der Waals surface area contributed by atoms with E-state index in [4.69, 9.17) is 4.74 Å². The van der Waals surface area contributed by atoms with E-state index in [-0.39, 0.29) is 11.5 Å². The second-order valence-electron chi connectivity index (χ2n) is 6.23. The fourth-order valence-electron chi connectivity index (χ4n) is 2.51. The van der Waals surface area contributed by atoms with Gasteiger partial charge in [-0.15, -0.1) is 0 Å². The lowest BCUT2D eigenvalue weighted by Crippen LogP contribution is -2.30. The monoisotopic (exact) mass is 373 g/mol. The Labute approximate surface area is 156 Å². The van der Waals surface area contributed by atoms with Gasteiger partial charge in [-0.05, 0) is 36.6 Å². The van der Waals surface area contributed by atoms with Crippen LogP contribution in [0.15, 0.2) is 53.4 Å². The molecule has 0 saturated carbocycles. The number of amides is 1. The van der Waals surface area contributed by atoms with E-state index in [2.05, 4.69) is 5.32 Å². The molecule has 2 rings (SSSR count). The number of ether oxygens (including phenoxy) is 1. The molecular formula is C20H23NO4S. The van der Waals surface area contributed by atoms with Crippen LogP contribution < -0.4 is 5.32 Å². The molecule has 6 heteroatoms. The fourth-order valence-corrected chi connectivity index (χ4v) is 3.24. The third kappa shape index (κ3) is 4.79. The molecule has 0 aliphatic heterocycles. The number of esters is 1. The van der Waals surface area contributed by atoms with Gasteiger partial charge in [-0.1, -0.05) is 44.2 Å². The average molecular weight is 373 g/mol. The fraction of sp³-hybridized carbons (Fsp3) is 0.300. The first-order chi connectivity index (χ1) is 12.3. The Kier molecular flexibility index (Phi) is 6.69. The molecule has 2 atom stereocenters. The minimum Gasteiger partial charge on any atom is -0.449 e. The lowest BCUT2D eigenvalue weighted by Gasteiger charge is -2.17. The number of hydrogen-bond donors (Lipinski definition) is 1. The smallest absolute Gasteiger partial charge is 0.340 e. The van der Waals surface area contributed by atoms with Crippen molar-refractivity contribution in [3.63, 3.8) is 0 Å². The van der Waals surface area contributed by atoms with Crippen LogP contribution in [0.2, 0.25) is 0 Å². The van der Waals surface area contributed by atoms with E-state index in [0.29, 0.717) is 10.6 Å². The maximum Gasteiger partial charge on any atom is 0.340 e. The molecule has 2 aromatic carbocycles. The van der Waals surface area contributed by atoms with Crippen LogP contribution in [0.3, 0.4) is 0 Å². The molecule has 138 valence electrons. The second-order valence-corrected chi connectivity index (χ2v) is 7.58. The van der Waals surface area contributed by atoms with Crippen molar-refractivity contribution in [1.29, 1.82) is 0 Å². The molecule has 0 aliphatic rings. The van der Waals surface area contributed by atoms with Crippen molar-refractivity contribution in [3.05, 3.63) is 59.7 Å². The highest BCUT2D eigenvalue weighted by Gasteiger charge is 2.22. The van der Waals surface area contributed by atoms with Crippen molar-refractivity contribution in [2.75, 3.05) is 11.6 Å². The highest BCUT2D eigenvalue weighted by Crippen LogP contribution is 2.24. The molecule has 0 fully saturated rings. The zero-order valence-electron chi connectivity index (χ0n) is 15.3. The van der Waals surface area contributed by atoms with Gasteiger partial charge in [0.05, 0.1) is 21.3 Å². The highest BCUT2D eigenvalue weighted by atomic mass is 32.2. The van der Waals surface area contributed by atoms with E-state index in [9.17, 15) is 13.8 Å². The largest absolute Gasteiger partial charge is 0.449 e. The van der Waals surface area contributed by atoms with Crippen LogP contribution in [0.25, 0.3) is 0 Å². The maximum atomic E-state index is 12.4. The summed E-state index contributed by atoms with van der Waals surface area (Å²) in [6.07, 6.45) is 0.506. The van der Waals surface area contributed by atoms with Gasteiger partial charge in [0.1, 0.15) is 0 Å². The van der Waals surface area contributed by atoms with Crippen LogP contribution in [0.4, 0.5) is 5.69 Å². The number of benzene rings is 2. The minimum atomic E-state index is -1.33. The molecule has 5 nitrogen and oxygen atoms in total. The van der Waals surface area contributed by atoms with Crippen molar-refractivity contribution in [2.24, 2.45) is 0 Å². The molecule has 0 spiro atoms. The van der Waals surface area contributed by atoms with Crippen LogP contribution in [0.5, 0.6) is 0 Å². The lowest BCUT2D eigenvalue weighted by atomic mass is 10.0. The Bertz CT molecular complexity index is 832. The zero-order chi connectivity index (χ0) is 19.3. The predicted molar refractivity (Wildman–Crippen MR) is 103 cm³/mol. The summed E-state index contributed by atoms with van der Waals surface area (Å²) < 4.78 is 17.0. The molecule has 0 heterocycles. The van der Waals surface area contributed by atoms with E-state index in [1.807, 2.05) is 38.1 Å². The molecule has 0 aromatic heterocycles. The number of hydrogen-bond acceptors (Lipinski definition) is 4. The van der Waals surface area contributed by atoms with Gasteiger partial charge in [-0.2, -0.15) is 0 Å². The van der Waals surface area contributed by atoms with Crippen LogP contribution in [0.1, 0.15) is 42.6 Å². The first-order valence-corrected chi connectivity index (χ1v) is 9.90. The summed E-state index contributed by atoms with van der Waals surface area (Å²) in [6, 6.07) is 14.0. The summed E-state index contributed by atoms with van der Waals surface area (Å²) in [4.78, 5) is 25.2. The van der Waals surface area contributed by atoms with Crippen LogP contribution in [-0.4, -0.2) is 28.4 Å². The van der Waals surface area contributed by atoms with E-state index >= 15 is 0 Å². The maximum absolute atomic E-state index is 12.4.